The van der Waals surface area contributed by atoms with Crippen molar-refractivity contribution in [1.82, 2.24) is 4.98 Å². The Labute approximate surface area is 112 Å². The Morgan fingerprint density at radius 1 is 1.16 bits per heavy atom. The van der Waals surface area contributed by atoms with Crippen molar-refractivity contribution in [2.24, 2.45) is 0 Å². The summed E-state index contributed by atoms with van der Waals surface area (Å²) in [6.07, 6.45) is 3.70. The fourth-order valence-corrected chi connectivity index (χ4v) is 2.23. The second-order valence-electron chi connectivity index (χ2n) is 4.72. The molecule has 0 aliphatic rings. The van der Waals surface area contributed by atoms with Gasteiger partial charge in [-0.25, -0.2) is 0 Å². The predicted octanol–water partition coefficient (Wildman–Crippen LogP) is 4.31. The van der Waals surface area contributed by atoms with E-state index in [0.29, 0.717) is 0 Å². The van der Waals surface area contributed by atoms with Crippen LogP contribution in [0.4, 0.5) is 5.69 Å². The quantitative estimate of drug-likeness (QED) is 0.754. The Hall–Kier alpha value is -2.29. The van der Waals surface area contributed by atoms with Gasteiger partial charge in [0.15, 0.2) is 0 Å². The number of nitrogens with one attached hydrogen (secondary N) is 1. The summed E-state index contributed by atoms with van der Waals surface area (Å²) in [5.41, 5.74) is 1.08. The minimum Gasteiger partial charge on any atom is -0.464 e. The third-order valence-electron chi connectivity index (χ3n) is 3.24. The number of fused-ring (bicyclic) bond motifs is 1. The van der Waals surface area contributed by atoms with E-state index in [1.807, 2.05) is 43.6 Å². The normalized spacial score (nSPS) is 12.5. The molecule has 2 aromatic heterocycles. The van der Waals surface area contributed by atoms with E-state index in [0.717, 1.165) is 22.6 Å². The van der Waals surface area contributed by atoms with Gasteiger partial charge in [0.2, 0.25) is 0 Å². The molecule has 96 valence electrons. The molecule has 0 aliphatic carbocycles. The Balaban J connectivity index is 1.93. The number of nitrogens with zero attached hydrogens (tertiary/aromatic N) is 1. The van der Waals surface area contributed by atoms with Crippen molar-refractivity contribution in [3.63, 3.8) is 0 Å². The highest BCUT2D eigenvalue weighted by Crippen LogP contribution is 2.27. The number of anilines is 1. The number of benzene rings is 1. The molecule has 0 radical (unpaired) electrons. The van der Waals surface area contributed by atoms with Crippen LogP contribution in [0.3, 0.4) is 0 Å². The van der Waals surface area contributed by atoms with E-state index in [4.69, 9.17) is 4.42 Å². The molecule has 3 nitrogen and oxygen atoms in total. The summed E-state index contributed by atoms with van der Waals surface area (Å²) < 4.78 is 5.65. The fraction of sp³-hybridized carbons (Fsp3) is 0.188. The number of pyridine rings is 1. The number of hydrogen-bond acceptors (Lipinski definition) is 3. The molecule has 0 aliphatic heterocycles. The summed E-state index contributed by atoms with van der Waals surface area (Å²) in [4.78, 5) is 4.19. The standard InChI is InChI=1S/C16H16N2O/c1-11-6-7-16(19-11)12(2)18-15-5-3-4-13-8-9-17-10-14(13)15/h3-10,12,18H,1-2H3. The van der Waals surface area contributed by atoms with Crippen LogP contribution in [0.15, 0.2) is 53.2 Å². The smallest absolute Gasteiger partial charge is 0.126 e. The van der Waals surface area contributed by atoms with Gasteiger partial charge in [0.1, 0.15) is 11.5 Å². The SMILES string of the molecule is Cc1ccc(C(C)Nc2cccc3ccncc23)o1. The van der Waals surface area contributed by atoms with Crippen molar-refractivity contribution in [3.8, 4) is 0 Å². The average Bonchev–Trinajstić information content (AvgIpc) is 2.86. The summed E-state index contributed by atoms with van der Waals surface area (Å²) >= 11 is 0. The molecule has 0 fully saturated rings. The molecule has 1 N–H and O–H groups in total. The van der Waals surface area contributed by atoms with Crippen LogP contribution in [0.2, 0.25) is 0 Å². The summed E-state index contributed by atoms with van der Waals surface area (Å²) in [7, 11) is 0. The Kier molecular flexibility index (Phi) is 2.95. The maximum Gasteiger partial charge on any atom is 0.126 e. The second-order valence-corrected chi connectivity index (χ2v) is 4.72. The predicted molar refractivity (Wildman–Crippen MR) is 77.2 cm³/mol. The lowest BCUT2D eigenvalue weighted by Crippen LogP contribution is -2.05. The molecule has 0 spiro atoms. The van der Waals surface area contributed by atoms with Crippen LogP contribution in [0.1, 0.15) is 24.5 Å². The number of aromatic nitrogens is 1. The lowest BCUT2D eigenvalue weighted by molar-refractivity contribution is 0.467. The Morgan fingerprint density at radius 2 is 2.05 bits per heavy atom. The maximum absolute atomic E-state index is 5.65. The largest absolute Gasteiger partial charge is 0.464 e. The van der Waals surface area contributed by atoms with Crippen molar-refractivity contribution >= 4 is 16.5 Å². The number of rotatable bonds is 3. The maximum atomic E-state index is 5.65. The lowest BCUT2D eigenvalue weighted by Gasteiger charge is -2.14. The highest BCUT2D eigenvalue weighted by atomic mass is 16.3. The molecule has 0 bridgehead atoms. The van der Waals surface area contributed by atoms with Gasteiger partial charge >= 0.3 is 0 Å². The molecule has 3 heteroatoms. The molecule has 2 heterocycles. The van der Waals surface area contributed by atoms with E-state index in [2.05, 4.69) is 29.4 Å². The summed E-state index contributed by atoms with van der Waals surface area (Å²) in [5.74, 6) is 1.88. The van der Waals surface area contributed by atoms with Gasteiger partial charge in [-0.05, 0) is 43.5 Å². The monoisotopic (exact) mass is 252 g/mol. The van der Waals surface area contributed by atoms with Gasteiger partial charge in [-0.2, -0.15) is 0 Å². The topological polar surface area (TPSA) is 38.1 Å². The van der Waals surface area contributed by atoms with Gasteiger partial charge in [0.25, 0.3) is 0 Å². The second kappa shape index (κ2) is 4.76. The molecule has 3 aromatic rings. The average molecular weight is 252 g/mol. The van der Waals surface area contributed by atoms with Crippen LogP contribution < -0.4 is 5.32 Å². The zero-order chi connectivity index (χ0) is 13.2. The minimum atomic E-state index is 0.125. The molecule has 1 atom stereocenters. The van der Waals surface area contributed by atoms with Gasteiger partial charge in [0, 0.05) is 23.5 Å². The van der Waals surface area contributed by atoms with Gasteiger partial charge in [-0.15, -0.1) is 0 Å². The first-order valence-electron chi connectivity index (χ1n) is 6.39. The molecule has 0 saturated heterocycles. The molecule has 0 saturated carbocycles. The van der Waals surface area contributed by atoms with Crippen molar-refractivity contribution in [3.05, 3.63) is 60.3 Å². The highest BCUT2D eigenvalue weighted by Gasteiger charge is 2.10. The molecule has 1 aromatic carbocycles. The highest BCUT2D eigenvalue weighted by molar-refractivity contribution is 5.93. The van der Waals surface area contributed by atoms with E-state index in [1.165, 1.54) is 5.39 Å². The van der Waals surface area contributed by atoms with Crippen LogP contribution in [0.5, 0.6) is 0 Å². The molecule has 19 heavy (non-hydrogen) atoms. The summed E-state index contributed by atoms with van der Waals surface area (Å²) in [5, 5.41) is 5.79. The fourth-order valence-electron chi connectivity index (χ4n) is 2.23. The van der Waals surface area contributed by atoms with Crippen molar-refractivity contribution in [2.75, 3.05) is 5.32 Å². The first kappa shape index (κ1) is 11.8. The summed E-state index contributed by atoms with van der Waals surface area (Å²) in [6, 6.07) is 12.3. The Bertz CT molecular complexity index is 697. The number of furan rings is 1. The molecular formula is C16H16N2O. The van der Waals surface area contributed by atoms with Gasteiger partial charge in [0.05, 0.1) is 6.04 Å². The molecule has 1 unspecified atom stereocenters. The Morgan fingerprint density at radius 3 is 2.84 bits per heavy atom. The number of hydrogen-bond donors (Lipinski definition) is 1. The molecule has 3 rings (SSSR count). The van der Waals surface area contributed by atoms with Crippen LogP contribution in [-0.2, 0) is 0 Å². The van der Waals surface area contributed by atoms with Crippen molar-refractivity contribution in [2.45, 2.75) is 19.9 Å². The van der Waals surface area contributed by atoms with Crippen LogP contribution >= 0.6 is 0 Å². The minimum absolute atomic E-state index is 0.125. The van der Waals surface area contributed by atoms with Crippen molar-refractivity contribution < 1.29 is 4.42 Å². The van der Waals surface area contributed by atoms with Gasteiger partial charge < -0.3 is 9.73 Å². The number of aryl methyl sites for hydroxylation is 1. The molecular weight excluding hydrogens is 236 g/mol. The first-order valence-corrected chi connectivity index (χ1v) is 6.39. The first-order chi connectivity index (χ1) is 9.24. The van der Waals surface area contributed by atoms with Gasteiger partial charge in [-0.1, -0.05) is 12.1 Å². The third-order valence-corrected chi connectivity index (χ3v) is 3.24. The van der Waals surface area contributed by atoms with Crippen LogP contribution in [-0.4, -0.2) is 4.98 Å². The van der Waals surface area contributed by atoms with Crippen LogP contribution in [0.25, 0.3) is 10.8 Å². The third kappa shape index (κ3) is 2.32. The zero-order valence-corrected chi connectivity index (χ0v) is 11.1. The van der Waals surface area contributed by atoms with Crippen molar-refractivity contribution in [1.29, 1.82) is 0 Å². The van der Waals surface area contributed by atoms with Gasteiger partial charge in [-0.3, -0.25) is 4.98 Å². The van der Waals surface area contributed by atoms with E-state index in [9.17, 15) is 0 Å². The zero-order valence-electron chi connectivity index (χ0n) is 11.1. The van der Waals surface area contributed by atoms with E-state index in [-0.39, 0.29) is 6.04 Å². The lowest BCUT2D eigenvalue weighted by atomic mass is 10.1. The van der Waals surface area contributed by atoms with E-state index < -0.39 is 0 Å². The summed E-state index contributed by atoms with van der Waals surface area (Å²) in [6.45, 7) is 4.05. The van der Waals surface area contributed by atoms with E-state index >= 15 is 0 Å². The van der Waals surface area contributed by atoms with Crippen LogP contribution in [0, 0.1) is 6.92 Å². The molecule has 0 amide bonds. The van der Waals surface area contributed by atoms with E-state index in [1.54, 1.807) is 0 Å².